The van der Waals surface area contributed by atoms with E-state index in [-0.39, 0.29) is 25.4 Å². The lowest BCUT2D eigenvalue weighted by Gasteiger charge is -2.32. The highest BCUT2D eigenvalue weighted by atomic mass is 32.2. The van der Waals surface area contributed by atoms with Gasteiger partial charge in [-0.25, -0.2) is 0 Å². The van der Waals surface area contributed by atoms with Crippen molar-refractivity contribution in [2.24, 2.45) is 5.92 Å². The Balaban J connectivity index is 0. The first-order valence-electron chi connectivity index (χ1n) is 15.6. The fraction of sp³-hybridized carbons (Fsp3) is 0.933. The van der Waals surface area contributed by atoms with E-state index >= 15 is 0 Å². The Morgan fingerprint density at radius 2 is 0.897 bits per heavy atom. The molecular formula is C30H61NO7S. The Kier molecular flexibility index (Phi) is 25.2. The molecule has 0 aromatic rings. The second kappa shape index (κ2) is 24.6. The molecule has 6 N–H and O–H groups in total. The summed E-state index contributed by atoms with van der Waals surface area (Å²) in [4.78, 5) is 24.3. The summed E-state index contributed by atoms with van der Waals surface area (Å²) in [6.07, 6.45) is 22.4. The zero-order chi connectivity index (χ0) is 28.7. The maximum absolute atomic E-state index is 12.4. The average Bonchev–Trinajstić information content (AvgIpc) is 2.85. The zero-order valence-electron chi connectivity index (χ0n) is 25.1. The third-order valence-electron chi connectivity index (χ3n) is 7.93. The molecule has 0 bridgehead atoms. The summed E-state index contributed by atoms with van der Waals surface area (Å²) < 4.78 is 32.0. The fourth-order valence-electron chi connectivity index (χ4n) is 5.47. The van der Waals surface area contributed by atoms with Crippen LogP contribution in [-0.2, 0) is 19.7 Å². The third-order valence-corrected chi connectivity index (χ3v) is 9.52. The number of carboxylic acids is 2. The minimum absolute atomic E-state index is 0. The quantitative estimate of drug-likeness (QED) is 0.0526. The summed E-state index contributed by atoms with van der Waals surface area (Å²) in [6.45, 7) is 4.39. The number of unbranched alkanes of at least 4 members (excludes halogenated alkanes) is 20. The minimum atomic E-state index is -5.13. The molecule has 0 spiro atoms. The van der Waals surface area contributed by atoms with Crippen molar-refractivity contribution in [3.8, 4) is 0 Å². The van der Waals surface area contributed by atoms with Crippen molar-refractivity contribution in [3.05, 3.63) is 0 Å². The summed E-state index contributed by atoms with van der Waals surface area (Å²) in [5.41, 5.74) is 0. The van der Waals surface area contributed by atoms with Crippen LogP contribution in [0.15, 0.2) is 0 Å². The molecule has 234 valence electrons. The standard InChI is InChI=1S/C30H58O7S.H3N/c1-3-5-7-9-11-13-15-17-19-21-23-25-27(28(31)32)30(29(33)34,38(35,36)37)26-24-22-20-18-16-14-12-10-8-6-4-2;/h27H,3-26H2,1-2H3,(H,31,32)(H,33,34)(H,35,36,37);1H3. The molecule has 0 aliphatic rings. The maximum atomic E-state index is 12.4. The molecule has 2 unspecified atom stereocenters. The largest absolute Gasteiger partial charge is 0.481 e. The summed E-state index contributed by atoms with van der Waals surface area (Å²) >= 11 is 0. The van der Waals surface area contributed by atoms with Gasteiger partial charge in [0.05, 0.1) is 5.92 Å². The van der Waals surface area contributed by atoms with E-state index in [9.17, 15) is 32.8 Å². The van der Waals surface area contributed by atoms with E-state index in [1.165, 1.54) is 70.6 Å². The lowest BCUT2D eigenvalue weighted by molar-refractivity contribution is -0.152. The number of carboxylic acid groups (broad SMARTS) is 2. The van der Waals surface area contributed by atoms with Crippen LogP contribution < -0.4 is 6.15 Å². The molecule has 2 atom stereocenters. The van der Waals surface area contributed by atoms with Crippen LogP contribution in [0.3, 0.4) is 0 Å². The molecule has 0 heterocycles. The molecule has 0 rings (SSSR count). The van der Waals surface area contributed by atoms with E-state index in [4.69, 9.17) is 0 Å². The molecule has 9 heteroatoms. The normalized spacial score (nSPS) is 13.9. The van der Waals surface area contributed by atoms with Gasteiger partial charge in [0.25, 0.3) is 10.1 Å². The first kappa shape index (κ1) is 40.0. The van der Waals surface area contributed by atoms with Gasteiger partial charge in [0.2, 0.25) is 4.75 Å². The second-order valence-corrected chi connectivity index (χ2v) is 12.8. The second-order valence-electron chi connectivity index (χ2n) is 11.2. The molecule has 0 amide bonds. The van der Waals surface area contributed by atoms with E-state index in [1.807, 2.05) is 0 Å². The van der Waals surface area contributed by atoms with Crippen molar-refractivity contribution in [2.75, 3.05) is 0 Å². The molecule has 8 nitrogen and oxygen atoms in total. The number of carbonyl (C=O) groups is 2. The summed E-state index contributed by atoms with van der Waals surface area (Å²) in [7, 11) is -5.13. The third kappa shape index (κ3) is 17.3. The molecule has 0 saturated heterocycles. The van der Waals surface area contributed by atoms with E-state index in [2.05, 4.69) is 13.8 Å². The number of hydrogen-bond donors (Lipinski definition) is 4. The maximum Gasteiger partial charge on any atom is 0.328 e. The molecule has 0 fully saturated rings. The Hall–Kier alpha value is -1.19. The molecule has 39 heavy (non-hydrogen) atoms. The zero-order valence-corrected chi connectivity index (χ0v) is 26.0. The Labute approximate surface area is 239 Å². The monoisotopic (exact) mass is 579 g/mol. The number of aliphatic carboxylic acids is 2. The van der Waals surface area contributed by atoms with Crippen LogP contribution in [0.5, 0.6) is 0 Å². The van der Waals surface area contributed by atoms with E-state index in [0.717, 1.165) is 51.4 Å². The van der Waals surface area contributed by atoms with Gasteiger partial charge >= 0.3 is 11.9 Å². The number of rotatable bonds is 28. The van der Waals surface area contributed by atoms with E-state index in [0.29, 0.717) is 12.8 Å². The van der Waals surface area contributed by atoms with Gasteiger partial charge in [0, 0.05) is 0 Å². The molecule has 0 aliphatic carbocycles. The first-order chi connectivity index (χ1) is 18.1. The van der Waals surface area contributed by atoms with Gasteiger partial charge in [-0.15, -0.1) is 0 Å². The molecule has 0 saturated carbocycles. The summed E-state index contributed by atoms with van der Waals surface area (Å²) in [5.74, 6) is -4.90. The predicted octanol–water partition coefficient (Wildman–Crippen LogP) is 8.96. The lowest BCUT2D eigenvalue weighted by atomic mass is 9.82. The predicted molar refractivity (Wildman–Crippen MR) is 160 cm³/mol. The van der Waals surface area contributed by atoms with Crippen LogP contribution in [0.4, 0.5) is 0 Å². The smallest absolute Gasteiger partial charge is 0.328 e. The average molecular weight is 580 g/mol. The van der Waals surface area contributed by atoms with Crippen LogP contribution in [-0.4, -0.2) is 39.9 Å². The van der Waals surface area contributed by atoms with Crippen molar-refractivity contribution in [1.29, 1.82) is 0 Å². The van der Waals surface area contributed by atoms with E-state index < -0.39 is 32.7 Å². The van der Waals surface area contributed by atoms with E-state index in [1.54, 1.807) is 0 Å². The SMILES string of the molecule is CCCCCCCCCCCCCC(C(=O)O)C(CCCCCCCCCCCCC)(C(=O)O)S(=O)(=O)O.N. The Morgan fingerprint density at radius 1 is 0.590 bits per heavy atom. The van der Waals surface area contributed by atoms with Crippen LogP contribution >= 0.6 is 0 Å². The van der Waals surface area contributed by atoms with Crippen LogP contribution in [0.25, 0.3) is 0 Å². The van der Waals surface area contributed by atoms with Gasteiger partial charge in [-0.2, -0.15) is 8.42 Å². The molecule has 0 aliphatic heterocycles. The highest BCUT2D eigenvalue weighted by molar-refractivity contribution is 7.88. The van der Waals surface area contributed by atoms with Gasteiger partial charge < -0.3 is 16.4 Å². The van der Waals surface area contributed by atoms with Crippen LogP contribution in [0.2, 0.25) is 0 Å². The molecule has 0 radical (unpaired) electrons. The summed E-state index contributed by atoms with van der Waals surface area (Å²) in [5, 5.41) is 19.7. The fourth-order valence-corrected chi connectivity index (χ4v) is 6.67. The van der Waals surface area contributed by atoms with Gasteiger partial charge in [-0.3, -0.25) is 14.1 Å². The highest BCUT2D eigenvalue weighted by Gasteiger charge is 2.58. The van der Waals surface area contributed by atoms with Gasteiger partial charge in [-0.1, -0.05) is 155 Å². The minimum Gasteiger partial charge on any atom is -0.481 e. The highest BCUT2D eigenvalue weighted by Crippen LogP contribution is 2.37. The van der Waals surface area contributed by atoms with Crippen LogP contribution in [0, 0.1) is 5.92 Å². The van der Waals surface area contributed by atoms with Gasteiger partial charge in [0.1, 0.15) is 0 Å². The van der Waals surface area contributed by atoms with Crippen molar-refractivity contribution in [1.82, 2.24) is 6.15 Å². The van der Waals surface area contributed by atoms with Gasteiger partial charge in [0.15, 0.2) is 0 Å². The van der Waals surface area contributed by atoms with Crippen molar-refractivity contribution >= 4 is 22.1 Å². The van der Waals surface area contributed by atoms with Crippen molar-refractivity contribution in [2.45, 2.75) is 173 Å². The van der Waals surface area contributed by atoms with Crippen molar-refractivity contribution in [3.63, 3.8) is 0 Å². The summed E-state index contributed by atoms with van der Waals surface area (Å²) in [6, 6.07) is 0. The molecular weight excluding hydrogens is 518 g/mol. The lowest BCUT2D eigenvalue weighted by Crippen LogP contribution is -2.55. The topological polar surface area (TPSA) is 164 Å². The van der Waals surface area contributed by atoms with Crippen molar-refractivity contribution < 1.29 is 32.8 Å². The molecule has 0 aromatic carbocycles. The Bertz CT molecular complexity index is 714. The number of hydrogen-bond acceptors (Lipinski definition) is 5. The molecule has 0 aromatic heterocycles. The first-order valence-corrected chi connectivity index (χ1v) is 17.0. The van der Waals surface area contributed by atoms with Crippen LogP contribution in [0.1, 0.15) is 168 Å². The van der Waals surface area contributed by atoms with Gasteiger partial charge in [-0.05, 0) is 12.8 Å². The Morgan fingerprint density at radius 3 is 1.18 bits per heavy atom.